The highest BCUT2D eigenvalue weighted by Gasteiger charge is 2.18. The van der Waals surface area contributed by atoms with E-state index in [1.807, 2.05) is 42.5 Å². The van der Waals surface area contributed by atoms with Crippen molar-refractivity contribution >= 4 is 33.4 Å². The minimum Gasteiger partial charge on any atom is -0.464 e. The van der Waals surface area contributed by atoms with E-state index in [1.54, 1.807) is 30.6 Å². The summed E-state index contributed by atoms with van der Waals surface area (Å²) in [4.78, 5) is 17.1. The Balaban J connectivity index is 2.11. The summed E-state index contributed by atoms with van der Waals surface area (Å²) >= 11 is 3.46. The van der Waals surface area contributed by atoms with E-state index in [0.717, 1.165) is 15.6 Å². The van der Waals surface area contributed by atoms with Gasteiger partial charge in [-0.15, -0.1) is 0 Å². The standard InChI is InChI=1S/C18H13BrN2O2/c19-15-9-14(13-5-4-8-20-12-13)10-17(11-15)21(18(22)23)16-6-2-1-3-7-16/h1-12H,(H,22,23). The van der Waals surface area contributed by atoms with Crippen LogP contribution in [0.2, 0.25) is 0 Å². The average molecular weight is 369 g/mol. The zero-order valence-corrected chi connectivity index (χ0v) is 13.6. The Morgan fingerprint density at radius 3 is 2.39 bits per heavy atom. The van der Waals surface area contributed by atoms with E-state index >= 15 is 0 Å². The lowest BCUT2D eigenvalue weighted by molar-refractivity contribution is 0.205. The fourth-order valence-corrected chi connectivity index (χ4v) is 2.83. The molecule has 1 N–H and O–H groups in total. The number of hydrogen-bond donors (Lipinski definition) is 1. The van der Waals surface area contributed by atoms with Gasteiger partial charge in [-0.05, 0) is 42.0 Å². The first-order chi connectivity index (χ1) is 11.1. The minimum atomic E-state index is -1.04. The molecule has 5 heteroatoms. The summed E-state index contributed by atoms with van der Waals surface area (Å²) in [6.45, 7) is 0. The van der Waals surface area contributed by atoms with E-state index in [9.17, 15) is 9.90 Å². The third-order valence-electron chi connectivity index (χ3n) is 3.34. The summed E-state index contributed by atoms with van der Waals surface area (Å²) in [5, 5.41) is 9.63. The Bertz CT molecular complexity index is 823. The monoisotopic (exact) mass is 368 g/mol. The zero-order valence-electron chi connectivity index (χ0n) is 12.1. The number of anilines is 2. The molecule has 0 aliphatic carbocycles. The van der Waals surface area contributed by atoms with Gasteiger partial charge in [0.15, 0.2) is 0 Å². The quantitative estimate of drug-likeness (QED) is 0.679. The number of aromatic nitrogens is 1. The summed E-state index contributed by atoms with van der Waals surface area (Å²) in [6, 6.07) is 18.3. The summed E-state index contributed by atoms with van der Waals surface area (Å²) in [5.41, 5.74) is 2.98. The van der Waals surface area contributed by atoms with Crippen molar-refractivity contribution in [3.8, 4) is 11.1 Å². The van der Waals surface area contributed by atoms with Crippen LogP contribution >= 0.6 is 15.9 Å². The first kappa shape index (κ1) is 15.2. The maximum absolute atomic E-state index is 11.8. The minimum absolute atomic E-state index is 0.567. The van der Waals surface area contributed by atoms with Gasteiger partial charge in [0.05, 0.1) is 11.4 Å². The van der Waals surface area contributed by atoms with Crippen LogP contribution in [0.3, 0.4) is 0 Å². The maximum Gasteiger partial charge on any atom is 0.416 e. The van der Waals surface area contributed by atoms with E-state index in [1.165, 1.54) is 4.90 Å². The Morgan fingerprint density at radius 1 is 0.957 bits per heavy atom. The molecule has 0 saturated heterocycles. The van der Waals surface area contributed by atoms with Crippen LogP contribution in [0, 0.1) is 0 Å². The SMILES string of the molecule is O=C(O)N(c1ccccc1)c1cc(Br)cc(-c2cccnc2)c1. The fraction of sp³-hybridized carbons (Fsp3) is 0. The van der Waals surface area contributed by atoms with Crippen molar-refractivity contribution in [2.45, 2.75) is 0 Å². The maximum atomic E-state index is 11.8. The molecule has 0 saturated carbocycles. The Hall–Kier alpha value is -2.66. The molecule has 0 atom stereocenters. The van der Waals surface area contributed by atoms with Crippen molar-refractivity contribution < 1.29 is 9.90 Å². The van der Waals surface area contributed by atoms with Gasteiger partial charge in [-0.25, -0.2) is 9.69 Å². The first-order valence-corrected chi connectivity index (χ1v) is 7.73. The molecule has 0 bridgehead atoms. The van der Waals surface area contributed by atoms with E-state index in [2.05, 4.69) is 20.9 Å². The van der Waals surface area contributed by atoms with Gasteiger partial charge in [-0.2, -0.15) is 0 Å². The molecule has 3 rings (SSSR count). The van der Waals surface area contributed by atoms with Gasteiger partial charge in [-0.1, -0.05) is 40.2 Å². The van der Waals surface area contributed by atoms with Crippen LogP contribution in [-0.2, 0) is 0 Å². The molecular formula is C18H13BrN2O2. The van der Waals surface area contributed by atoms with Crippen LogP contribution < -0.4 is 4.90 Å². The third kappa shape index (κ3) is 3.40. The number of rotatable bonds is 3. The van der Waals surface area contributed by atoms with Crippen molar-refractivity contribution in [1.82, 2.24) is 4.98 Å². The molecule has 4 nitrogen and oxygen atoms in total. The number of hydrogen-bond acceptors (Lipinski definition) is 2. The molecule has 0 spiro atoms. The summed E-state index contributed by atoms with van der Waals surface area (Å²) in [5.74, 6) is 0. The predicted octanol–water partition coefficient (Wildman–Crippen LogP) is 5.33. The molecule has 0 unspecified atom stereocenters. The van der Waals surface area contributed by atoms with E-state index in [4.69, 9.17) is 0 Å². The van der Waals surface area contributed by atoms with Crippen molar-refractivity contribution in [2.24, 2.45) is 0 Å². The van der Waals surface area contributed by atoms with Crippen molar-refractivity contribution in [3.05, 3.63) is 77.5 Å². The van der Waals surface area contributed by atoms with Gasteiger partial charge >= 0.3 is 6.09 Å². The molecule has 1 aromatic heterocycles. The lowest BCUT2D eigenvalue weighted by atomic mass is 10.1. The summed E-state index contributed by atoms with van der Waals surface area (Å²) < 4.78 is 0.802. The smallest absolute Gasteiger partial charge is 0.416 e. The zero-order chi connectivity index (χ0) is 16.2. The Kier molecular flexibility index (Phi) is 4.39. The van der Waals surface area contributed by atoms with E-state index in [0.29, 0.717) is 11.4 Å². The molecule has 114 valence electrons. The second kappa shape index (κ2) is 6.62. The number of para-hydroxylation sites is 1. The van der Waals surface area contributed by atoms with Crippen molar-refractivity contribution in [3.63, 3.8) is 0 Å². The number of halogens is 1. The lowest BCUT2D eigenvalue weighted by Crippen LogP contribution is -2.23. The van der Waals surface area contributed by atoms with Gasteiger partial charge in [0.1, 0.15) is 0 Å². The van der Waals surface area contributed by atoms with Gasteiger partial charge in [0, 0.05) is 22.4 Å². The number of carboxylic acid groups (broad SMARTS) is 1. The molecule has 2 aromatic carbocycles. The normalized spacial score (nSPS) is 10.3. The number of benzene rings is 2. The van der Waals surface area contributed by atoms with Gasteiger partial charge in [-0.3, -0.25) is 4.98 Å². The Labute approximate surface area is 142 Å². The van der Waals surface area contributed by atoms with Crippen LogP contribution in [-0.4, -0.2) is 16.2 Å². The van der Waals surface area contributed by atoms with Crippen molar-refractivity contribution in [2.75, 3.05) is 4.90 Å². The molecular weight excluding hydrogens is 356 g/mol. The van der Waals surface area contributed by atoms with Crippen LogP contribution in [0.4, 0.5) is 16.2 Å². The van der Waals surface area contributed by atoms with Gasteiger partial charge in [0.25, 0.3) is 0 Å². The molecule has 3 aromatic rings. The first-order valence-electron chi connectivity index (χ1n) is 6.94. The molecule has 1 heterocycles. The molecule has 0 radical (unpaired) electrons. The summed E-state index contributed by atoms with van der Waals surface area (Å²) in [6.07, 6.45) is 2.42. The molecule has 1 amide bonds. The molecule has 23 heavy (non-hydrogen) atoms. The Morgan fingerprint density at radius 2 is 1.74 bits per heavy atom. The fourth-order valence-electron chi connectivity index (χ4n) is 2.35. The second-order valence-electron chi connectivity index (χ2n) is 4.89. The van der Waals surface area contributed by atoms with E-state index < -0.39 is 6.09 Å². The highest BCUT2D eigenvalue weighted by molar-refractivity contribution is 9.10. The van der Waals surface area contributed by atoms with Crippen LogP contribution in [0.1, 0.15) is 0 Å². The second-order valence-corrected chi connectivity index (χ2v) is 5.81. The largest absolute Gasteiger partial charge is 0.464 e. The molecule has 0 aliphatic heterocycles. The topological polar surface area (TPSA) is 53.4 Å². The van der Waals surface area contributed by atoms with Crippen LogP contribution in [0.15, 0.2) is 77.5 Å². The third-order valence-corrected chi connectivity index (χ3v) is 3.80. The lowest BCUT2D eigenvalue weighted by Gasteiger charge is -2.20. The number of amides is 1. The summed E-state index contributed by atoms with van der Waals surface area (Å²) in [7, 11) is 0. The van der Waals surface area contributed by atoms with Gasteiger partial charge < -0.3 is 5.11 Å². The molecule has 0 fully saturated rings. The highest BCUT2D eigenvalue weighted by atomic mass is 79.9. The predicted molar refractivity (Wildman–Crippen MR) is 94.0 cm³/mol. The molecule has 0 aliphatic rings. The number of nitrogens with zero attached hydrogens (tertiary/aromatic N) is 2. The van der Waals surface area contributed by atoms with Gasteiger partial charge in [0.2, 0.25) is 0 Å². The average Bonchev–Trinajstić information content (AvgIpc) is 2.56. The van der Waals surface area contributed by atoms with Crippen molar-refractivity contribution in [1.29, 1.82) is 0 Å². The van der Waals surface area contributed by atoms with Crippen LogP contribution in [0.25, 0.3) is 11.1 Å². The van der Waals surface area contributed by atoms with Crippen LogP contribution in [0.5, 0.6) is 0 Å². The number of pyridine rings is 1. The van der Waals surface area contributed by atoms with E-state index in [-0.39, 0.29) is 0 Å². The highest BCUT2D eigenvalue weighted by Crippen LogP contribution is 2.32. The number of carbonyl (C=O) groups is 1.